The van der Waals surface area contributed by atoms with Gasteiger partial charge in [-0.25, -0.2) is 29.3 Å². The van der Waals surface area contributed by atoms with Crippen molar-refractivity contribution in [1.82, 2.24) is 24.9 Å². The molecular weight excluding hydrogens is 433 g/mol. The number of hydrogen-bond donors (Lipinski definition) is 0. The second-order valence-electron chi connectivity index (χ2n) is 8.44. The molecule has 33 heavy (non-hydrogen) atoms. The molecule has 0 spiro atoms. The summed E-state index contributed by atoms with van der Waals surface area (Å²) in [5.74, 6) is 1.46. The first-order valence-electron chi connectivity index (χ1n) is 10.8. The molecule has 2 aromatic carbocycles. The fourth-order valence-electron chi connectivity index (χ4n) is 4.41. The summed E-state index contributed by atoms with van der Waals surface area (Å²) in [7, 11) is 0. The van der Waals surface area contributed by atoms with Gasteiger partial charge in [0.05, 0.1) is 20.9 Å². The average Bonchev–Trinajstić information content (AvgIpc) is 3.54. The van der Waals surface area contributed by atoms with Crippen molar-refractivity contribution in [3.05, 3.63) is 88.6 Å². The Morgan fingerprint density at radius 3 is 2.58 bits per heavy atom. The van der Waals surface area contributed by atoms with E-state index in [1.165, 1.54) is 0 Å². The summed E-state index contributed by atoms with van der Waals surface area (Å²) in [6.07, 6.45) is 6.29. The number of nitrogens with zero attached hydrogens (tertiary/aromatic N) is 5. The van der Waals surface area contributed by atoms with E-state index in [0.717, 1.165) is 44.0 Å². The van der Waals surface area contributed by atoms with Gasteiger partial charge in [-0.05, 0) is 67.5 Å². The SMILES string of the molecule is Cc1nc2ccc(-c3nc(-c4ncccn4)ncc3C3CC3c3ccc(F)c(C)c3)cc2s1. The van der Waals surface area contributed by atoms with Gasteiger partial charge in [0.1, 0.15) is 5.82 Å². The fourth-order valence-corrected chi connectivity index (χ4v) is 5.28. The molecule has 0 aliphatic heterocycles. The molecule has 5 aromatic rings. The number of aromatic nitrogens is 5. The number of benzene rings is 2. The number of aryl methyl sites for hydroxylation is 2. The lowest BCUT2D eigenvalue weighted by molar-refractivity contribution is 0.617. The van der Waals surface area contributed by atoms with Crippen LogP contribution in [-0.2, 0) is 0 Å². The van der Waals surface area contributed by atoms with Crippen LogP contribution in [0.25, 0.3) is 33.1 Å². The molecule has 162 valence electrons. The first kappa shape index (κ1) is 20.1. The van der Waals surface area contributed by atoms with Gasteiger partial charge in [-0.3, -0.25) is 0 Å². The summed E-state index contributed by atoms with van der Waals surface area (Å²) in [4.78, 5) is 22.8. The van der Waals surface area contributed by atoms with Crippen LogP contribution in [0.4, 0.5) is 4.39 Å². The van der Waals surface area contributed by atoms with E-state index in [1.54, 1.807) is 35.9 Å². The van der Waals surface area contributed by atoms with Crippen LogP contribution in [0.3, 0.4) is 0 Å². The zero-order valence-electron chi connectivity index (χ0n) is 18.2. The predicted molar refractivity (Wildman–Crippen MR) is 128 cm³/mol. The molecule has 3 aromatic heterocycles. The molecule has 6 rings (SSSR count). The molecule has 5 nitrogen and oxygen atoms in total. The van der Waals surface area contributed by atoms with Gasteiger partial charge in [0.15, 0.2) is 11.6 Å². The van der Waals surface area contributed by atoms with Crippen molar-refractivity contribution in [3.63, 3.8) is 0 Å². The Morgan fingerprint density at radius 2 is 1.76 bits per heavy atom. The minimum absolute atomic E-state index is 0.166. The molecule has 7 heteroatoms. The van der Waals surface area contributed by atoms with Crippen molar-refractivity contribution >= 4 is 21.6 Å². The monoisotopic (exact) mass is 453 g/mol. The minimum Gasteiger partial charge on any atom is -0.242 e. The topological polar surface area (TPSA) is 64.5 Å². The molecule has 1 saturated carbocycles. The average molecular weight is 454 g/mol. The Hall–Kier alpha value is -3.58. The predicted octanol–water partition coefficient (Wildman–Crippen LogP) is 6.24. The Balaban J connectivity index is 1.45. The van der Waals surface area contributed by atoms with E-state index >= 15 is 0 Å². The van der Waals surface area contributed by atoms with Crippen molar-refractivity contribution in [2.45, 2.75) is 32.1 Å². The number of halogens is 1. The summed E-state index contributed by atoms with van der Waals surface area (Å²) in [5.41, 5.74) is 5.86. The van der Waals surface area contributed by atoms with Crippen LogP contribution >= 0.6 is 11.3 Å². The first-order chi connectivity index (χ1) is 16.1. The molecule has 1 aliphatic rings. The van der Waals surface area contributed by atoms with Gasteiger partial charge in [-0.2, -0.15) is 0 Å². The van der Waals surface area contributed by atoms with Crippen molar-refractivity contribution in [2.24, 2.45) is 0 Å². The normalized spacial score (nSPS) is 17.4. The van der Waals surface area contributed by atoms with Crippen molar-refractivity contribution in [1.29, 1.82) is 0 Å². The Morgan fingerprint density at radius 1 is 0.909 bits per heavy atom. The Bertz CT molecular complexity index is 1500. The standard InChI is InChI=1S/C26H20FN5S/c1-14-10-16(4-6-21(14)27)18-12-19(18)20-13-30-26(25-28-8-3-9-29-25)32-24(20)17-5-7-22-23(11-17)33-15(2)31-22/h3-11,13,18-19H,12H2,1-2H3. The van der Waals surface area contributed by atoms with Crippen molar-refractivity contribution in [2.75, 3.05) is 0 Å². The highest BCUT2D eigenvalue weighted by molar-refractivity contribution is 7.18. The minimum atomic E-state index is -0.166. The molecule has 3 heterocycles. The van der Waals surface area contributed by atoms with Crippen molar-refractivity contribution in [3.8, 4) is 22.9 Å². The van der Waals surface area contributed by atoms with Gasteiger partial charge < -0.3 is 0 Å². The number of thiazole rings is 1. The fraction of sp³-hybridized carbons (Fsp3) is 0.192. The van der Waals surface area contributed by atoms with Crippen LogP contribution in [0.1, 0.15) is 40.0 Å². The first-order valence-corrected chi connectivity index (χ1v) is 11.7. The van der Waals surface area contributed by atoms with Crippen LogP contribution in [0.15, 0.2) is 61.1 Å². The van der Waals surface area contributed by atoms with E-state index in [2.05, 4.69) is 32.1 Å². The highest BCUT2D eigenvalue weighted by Gasteiger charge is 2.41. The third-order valence-corrected chi connectivity index (χ3v) is 7.09. The molecule has 1 aliphatic carbocycles. The molecule has 1 fully saturated rings. The maximum Gasteiger partial charge on any atom is 0.198 e. The molecule has 0 radical (unpaired) electrons. The van der Waals surface area contributed by atoms with Gasteiger partial charge in [-0.15, -0.1) is 11.3 Å². The largest absolute Gasteiger partial charge is 0.242 e. The zero-order valence-corrected chi connectivity index (χ0v) is 19.0. The summed E-state index contributed by atoms with van der Waals surface area (Å²) >= 11 is 1.68. The van der Waals surface area contributed by atoms with E-state index in [-0.39, 0.29) is 11.7 Å². The summed E-state index contributed by atoms with van der Waals surface area (Å²) in [6.45, 7) is 3.83. The smallest absolute Gasteiger partial charge is 0.198 e. The molecular formula is C26H20FN5S. The summed E-state index contributed by atoms with van der Waals surface area (Å²) in [6, 6.07) is 13.5. The molecule has 0 N–H and O–H groups in total. The second kappa shape index (κ2) is 7.78. The second-order valence-corrected chi connectivity index (χ2v) is 9.68. The maximum atomic E-state index is 13.8. The van der Waals surface area contributed by atoms with Gasteiger partial charge in [-0.1, -0.05) is 18.2 Å². The maximum absolute atomic E-state index is 13.8. The van der Waals surface area contributed by atoms with E-state index in [9.17, 15) is 4.39 Å². The lowest BCUT2D eigenvalue weighted by atomic mass is 9.99. The van der Waals surface area contributed by atoms with Crippen LogP contribution < -0.4 is 0 Å². The highest BCUT2D eigenvalue weighted by Crippen LogP contribution is 2.56. The number of fused-ring (bicyclic) bond motifs is 1. The molecule has 0 saturated heterocycles. The lowest BCUT2D eigenvalue weighted by Gasteiger charge is -2.11. The number of rotatable bonds is 4. The van der Waals surface area contributed by atoms with E-state index in [1.807, 2.05) is 38.2 Å². The quantitative estimate of drug-likeness (QED) is 0.322. The van der Waals surface area contributed by atoms with Gasteiger partial charge in [0, 0.05) is 29.7 Å². The molecule has 2 unspecified atom stereocenters. The van der Waals surface area contributed by atoms with Gasteiger partial charge in [0.25, 0.3) is 0 Å². The van der Waals surface area contributed by atoms with Crippen LogP contribution in [-0.4, -0.2) is 24.9 Å². The third kappa shape index (κ3) is 3.68. The molecule has 0 amide bonds. The molecule has 2 atom stereocenters. The highest BCUT2D eigenvalue weighted by atomic mass is 32.1. The van der Waals surface area contributed by atoms with Gasteiger partial charge in [0.2, 0.25) is 0 Å². The zero-order chi connectivity index (χ0) is 22.5. The van der Waals surface area contributed by atoms with Crippen LogP contribution in [0.2, 0.25) is 0 Å². The van der Waals surface area contributed by atoms with Crippen LogP contribution in [0.5, 0.6) is 0 Å². The van der Waals surface area contributed by atoms with Gasteiger partial charge >= 0.3 is 0 Å². The van der Waals surface area contributed by atoms with Crippen LogP contribution in [0, 0.1) is 19.7 Å². The van der Waals surface area contributed by atoms with E-state index in [0.29, 0.717) is 23.1 Å². The Kier molecular flexibility index (Phi) is 4.73. The Labute approximate surface area is 194 Å². The number of hydrogen-bond acceptors (Lipinski definition) is 6. The lowest BCUT2D eigenvalue weighted by Crippen LogP contribution is -2.00. The van der Waals surface area contributed by atoms with E-state index in [4.69, 9.17) is 4.98 Å². The molecule has 0 bridgehead atoms. The van der Waals surface area contributed by atoms with E-state index < -0.39 is 0 Å². The third-order valence-electron chi connectivity index (χ3n) is 6.15. The van der Waals surface area contributed by atoms with Crippen molar-refractivity contribution < 1.29 is 4.39 Å². The summed E-state index contributed by atoms with van der Waals surface area (Å²) < 4.78 is 14.9. The summed E-state index contributed by atoms with van der Waals surface area (Å²) in [5, 5.41) is 1.04.